The molecule has 38 heavy (non-hydrogen) atoms. The second-order valence-corrected chi connectivity index (χ2v) is 10.8. The summed E-state index contributed by atoms with van der Waals surface area (Å²) in [6, 6.07) is 20.1. The SMILES string of the molecule is Cc1c(CN2CCN(c3ccccc3Cl)CC2)cc(C(=O)N2CCN(c3cccc(C#N)c3)CC2C)n1C. The maximum absolute atomic E-state index is 13.7. The van der Waals surface area contributed by atoms with E-state index in [4.69, 9.17) is 11.6 Å². The van der Waals surface area contributed by atoms with Gasteiger partial charge in [0.25, 0.3) is 5.91 Å². The van der Waals surface area contributed by atoms with Crippen LogP contribution in [-0.2, 0) is 13.6 Å². The molecule has 2 aromatic carbocycles. The number of hydrogen-bond acceptors (Lipinski definition) is 5. The summed E-state index contributed by atoms with van der Waals surface area (Å²) in [5.74, 6) is 0.0864. The Kier molecular flexibility index (Phi) is 7.64. The van der Waals surface area contributed by atoms with Crippen LogP contribution in [0.25, 0.3) is 0 Å². The third-order valence-electron chi connectivity index (χ3n) is 8.05. The van der Waals surface area contributed by atoms with E-state index in [1.807, 2.05) is 59.0 Å². The van der Waals surface area contributed by atoms with Crippen LogP contribution >= 0.6 is 11.6 Å². The van der Waals surface area contributed by atoms with Crippen molar-refractivity contribution in [2.45, 2.75) is 26.4 Å². The first-order valence-corrected chi connectivity index (χ1v) is 13.7. The number of amides is 1. The van der Waals surface area contributed by atoms with E-state index in [2.05, 4.69) is 46.7 Å². The lowest BCUT2D eigenvalue weighted by Gasteiger charge is -2.41. The monoisotopic (exact) mass is 530 g/mol. The van der Waals surface area contributed by atoms with Gasteiger partial charge in [0.05, 0.1) is 22.3 Å². The van der Waals surface area contributed by atoms with Gasteiger partial charge in [0.1, 0.15) is 5.69 Å². The topological polar surface area (TPSA) is 58.8 Å². The number of hydrogen-bond donors (Lipinski definition) is 0. The molecule has 8 heteroatoms. The molecule has 3 aromatic rings. The number of rotatable bonds is 5. The molecule has 0 N–H and O–H groups in total. The molecule has 0 saturated carbocycles. The predicted octanol–water partition coefficient (Wildman–Crippen LogP) is 4.53. The fraction of sp³-hybridized carbons (Fsp3) is 0.400. The number of anilines is 2. The zero-order valence-corrected chi connectivity index (χ0v) is 23.2. The second kappa shape index (κ2) is 11.1. The Morgan fingerprint density at radius 3 is 2.45 bits per heavy atom. The van der Waals surface area contributed by atoms with Crippen LogP contribution in [0.15, 0.2) is 54.6 Å². The van der Waals surface area contributed by atoms with E-state index in [1.165, 1.54) is 5.56 Å². The molecule has 7 nitrogen and oxygen atoms in total. The lowest BCUT2D eigenvalue weighted by molar-refractivity contribution is 0.0664. The molecule has 0 spiro atoms. The van der Waals surface area contributed by atoms with E-state index in [9.17, 15) is 10.1 Å². The Morgan fingerprint density at radius 1 is 1.00 bits per heavy atom. The lowest BCUT2D eigenvalue weighted by atomic mass is 10.1. The Labute approximate surface area is 230 Å². The highest BCUT2D eigenvalue weighted by Crippen LogP contribution is 2.27. The molecule has 3 heterocycles. The normalized spacial score (nSPS) is 18.5. The summed E-state index contributed by atoms with van der Waals surface area (Å²) in [4.78, 5) is 22.7. The molecule has 0 aliphatic carbocycles. The van der Waals surface area contributed by atoms with E-state index in [1.54, 1.807) is 0 Å². The summed E-state index contributed by atoms with van der Waals surface area (Å²) in [7, 11) is 2.00. The fourth-order valence-electron chi connectivity index (χ4n) is 5.64. The van der Waals surface area contributed by atoms with Gasteiger partial charge in [-0.05, 0) is 55.8 Å². The molecule has 1 unspecified atom stereocenters. The molecule has 2 aliphatic rings. The summed E-state index contributed by atoms with van der Waals surface area (Å²) in [5.41, 5.74) is 5.90. The lowest BCUT2D eigenvalue weighted by Crippen LogP contribution is -2.54. The summed E-state index contributed by atoms with van der Waals surface area (Å²) in [5, 5.41) is 10.0. The Morgan fingerprint density at radius 2 is 1.74 bits per heavy atom. The minimum Gasteiger partial charge on any atom is -0.368 e. The molecule has 2 fully saturated rings. The summed E-state index contributed by atoms with van der Waals surface area (Å²) >= 11 is 6.41. The zero-order valence-electron chi connectivity index (χ0n) is 22.4. The van der Waals surface area contributed by atoms with Gasteiger partial charge in [-0.15, -0.1) is 0 Å². The highest BCUT2D eigenvalue weighted by molar-refractivity contribution is 6.33. The Balaban J connectivity index is 1.22. The Bertz CT molecular complexity index is 1350. The van der Waals surface area contributed by atoms with Crippen molar-refractivity contribution < 1.29 is 4.79 Å². The smallest absolute Gasteiger partial charge is 0.270 e. The number of halogens is 1. The third kappa shape index (κ3) is 5.24. The number of nitrogens with zero attached hydrogens (tertiary/aromatic N) is 6. The van der Waals surface area contributed by atoms with Crippen molar-refractivity contribution in [2.75, 3.05) is 55.6 Å². The second-order valence-electron chi connectivity index (χ2n) is 10.4. The minimum absolute atomic E-state index is 0.0681. The van der Waals surface area contributed by atoms with Crippen LogP contribution in [0.3, 0.4) is 0 Å². The maximum Gasteiger partial charge on any atom is 0.270 e. The largest absolute Gasteiger partial charge is 0.368 e. The van der Waals surface area contributed by atoms with Gasteiger partial charge in [-0.25, -0.2) is 0 Å². The highest BCUT2D eigenvalue weighted by Gasteiger charge is 2.31. The molecule has 5 rings (SSSR count). The number of para-hydroxylation sites is 1. The molecular weight excluding hydrogens is 496 g/mol. The van der Waals surface area contributed by atoms with Crippen molar-refractivity contribution in [2.24, 2.45) is 7.05 Å². The van der Waals surface area contributed by atoms with E-state index >= 15 is 0 Å². The van der Waals surface area contributed by atoms with E-state index in [0.29, 0.717) is 12.1 Å². The van der Waals surface area contributed by atoms with E-state index in [0.717, 1.165) is 73.6 Å². The molecule has 1 aromatic heterocycles. The average Bonchev–Trinajstić information content (AvgIpc) is 3.22. The van der Waals surface area contributed by atoms with Crippen LogP contribution in [0, 0.1) is 18.3 Å². The minimum atomic E-state index is 0.0681. The molecular formula is C30H35ClN6O. The first-order chi connectivity index (χ1) is 18.4. The number of carbonyl (C=O) groups excluding carboxylic acids is 1. The summed E-state index contributed by atoms with van der Waals surface area (Å²) in [6.45, 7) is 11.0. The predicted molar refractivity (Wildman–Crippen MR) is 153 cm³/mol. The fourth-order valence-corrected chi connectivity index (χ4v) is 5.89. The average molecular weight is 531 g/mol. The Hall–Kier alpha value is -3.47. The van der Waals surface area contributed by atoms with Gasteiger partial charge < -0.3 is 19.3 Å². The highest BCUT2D eigenvalue weighted by atomic mass is 35.5. The van der Waals surface area contributed by atoms with Crippen molar-refractivity contribution in [3.05, 3.63) is 82.1 Å². The van der Waals surface area contributed by atoms with Gasteiger partial charge in [-0.2, -0.15) is 5.26 Å². The van der Waals surface area contributed by atoms with Crippen LogP contribution in [0.5, 0.6) is 0 Å². The molecule has 2 aliphatic heterocycles. The van der Waals surface area contributed by atoms with Crippen LogP contribution in [0.2, 0.25) is 5.02 Å². The quantitative estimate of drug-likeness (QED) is 0.485. The van der Waals surface area contributed by atoms with Gasteiger partial charge in [0.2, 0.25) is 0 Å². The van der Waals surface area contributed by atoms with Crippen LogP contribution in [0.4, 0.5) is 11.4 Å². The van der Waals surface area contributed by atoms with Crippen LogP contribution < -0.4 is 9.80 Å². The third-order valence-corrected chi connectivity index (χ3v) is 8.37. The van der Waals surface area contributed by atoms with Crippen molar-refractivity contribution in [1.29, 1.82) is 5.26 Å². The number of aromatic nitrogens is 1. The zero-order chi connectivity index (χ0) is 26.8. The molecule has 0 radical (unpaired) electrons. The van der Waals surface area contributed by atoms with Gasteiger partial charge in [-0.1, -0.05) is 29.8 Å². The standard InChI is InChI=1S/C30H35ClN6O/c1-22-20-36(26-8-6-7-24(17-26)19-32)15-16-37(22)30(38)29-18-25(23(2)33(29)3)21-34-11-13-35(14-12-34)28-10-5-4-9-27(28)31/h4-10,17-18,22H,11-16,20-21H2,1-3H3. The number of carbonyl (C=O) groups is 1. The molecule has 1 atom stereocenters. The number of piperazine rings is 2. The van der Waals surface area contributed by atoms with Crippen molar-refractivity contribution in [3.8, 4) is 6.07 Å². The van der Waals surface area contributed by atoms with Crippen LogP contribution in [-0.4, -0.2) is 72.1 Å². The van der Waals surface area contributed by atoms with Gasteiger partial charge in [0, 0.05) is 76.8 Å². The van der Waals surface area contributed by atoms with Gasteiger partial charge in [0.15, 0.2) is 0 Å². The van der Waals surface area contributed by atoms with Gasteiger partial charge in [-0.3, -0.25) is 9.69 Å². The van der Waals surface area contributed by atoms with Crippen molar-refractivity contribution in [3.63, 3.8) is 0 Å². The summed E-state index contributed by atoms with van der Waals surface area (Å²) < 4.78 is 2.05. The molecule has 2 saturated heterocycles. The van der Waals surface area contributed by atoms with Crippen LogP contribution in [0.1, 0.15) is 34.2 Å². The molecule has 198 valence electrons. The molecule has 0 bridgehead atoms. The summed E-state index contributed by atoms with van der Waals surface area (Å²) in [6.07, 6.45) is 0. The maximum atomic E-state index is 13.7. The van der Waals surface area contributed by atoms with E-state index in [-0.39, 0.29) is 11.9 Å². The first kappa shape index (κ1) is 26.1. The first-order valence-electron chi connectivity index (χ1n) is 13.3. The van der Waals surface area contributed by atoms with Crippen molar-refractivity contribution >= 4 is 28.9 Å². The van der Waals surface area contributed by atoms with Crippen molar-refractivity contribution in [1.82, 2.24) is 14.4 Å². The molecule has 1 amide bonds. The van der Waals surface area contributed by atoms with E-state index < -0.39 is 0 Å². The number of benzene rings is 2. The van der Waals surface area contributed by atoms with Gasteiger partial charge >= 0.3 is 0 Å². The number of nitriles is 1.